The van der Waals surface area contributed by atoms with Gasteiger partial charge in [0, 0.05) is 25.7 Å². The number of phosphoric ester groups is 2. The SMILES string of the molecule is CCCCCCCCCCCCCCCC(=O)OC[C@H](COP(=O)(O)OC[C@@H](O)COP(=O)(O)OC[C@@H](COC(=O)CCCCCCCCCCCCC)OC(=O)CCCCCCCCCCC(C)C)OC(=O)CCCCCCCCCCCCCCCCCCCCC(C)C. The Labute approximate surface area is 588 Å². The third-order valence-corrected chi connectivity index (χ3v) is 19.9. The van der Waals surface area contributed by atoms with E-state index in [1.165, 1.54) is 218 Å². The Bertz CT molecular complexity index is 1860. The summed E-state index contributed by atoms with van der Waals surface area (Å²) in [5.74, 6) is -0.576. The topological polar surface area (TPSA) is 237 Å². The van der Waals surface area contributed by atoms with Crippen molar-refractivity contribution in [3.05, 3.63) is 0 Å². The number of hydrogen-bond acceptors (Lipinski definition) is 15. The summed E-state index contributed by atoms with van der Waals surface area (Å²) >= 11 is 0. The van der Waals surface area contributed by atoms with E-state index in [1.54, 1.807) is 0 Å². The van der Waals surface area contributed by atoms with Gasteiger partial charge in [-0.15, -0.1) is 0 Å². The molecule has 3 N–H and O–H groups in total. The van der Waals surface area contributed by atoms with Crippen LogP contribution in [0.3, 0.4) is 0 Å². The highest BCUT2D eigenvalue weighted by molar-refractivity contribution is 7.47. The van der Waals surface area contributed by atoms with Crippen molar-refractivity contribution in [2.24, 2.45) is 11.8 Å². The molecule has 0 radical (unpaired) electrons. The minimum atomic E-state index is -4.96. The van der Waals surface area contributed by atoms with Crippen molar-refractivity contribution >= 4 is 39.5 Å². The maximum atomic E-state index is 13.1. The lowest BCUT2D eigenvalue weighted by molar-refractivity contribution is -0.161. The molecule has 5 atom stereocenters. The molecule has 0 aromatic carbocycles. The molecule has 19 heteroatoms. The molecule has 0 amide bonds. The van der Waals surface area contributed by atoms with E-state index in [0.29, 0.717) is 25.7 Å². The average Bonchev–Trinajstić information content (AvgIpc) is 1.10. The van der Waals surface area contributed by atoms with E-state index >= 15 is 0 Å². The second kappa shape index (κ2) is 68.8. The van der Waals surface area contributed by atoms with E-state index in [-0.39, 0.29) is 25.7 Å². The molecule has 570 valence electrons. The highest BCUT2D eigenvalue weighted by Crippen LogP contribution is 2.45. The van der Waals surface area contributed by atoms with Gasteiger partial charge in [0.15, 0.2) is 12.2 Å². The lowest BCUT2D eigenvalue weighted by atomic mass is 10.0. The summed E-state index contributed by atoms with van der Waals surface area (Å²) in [4.78, 5) is 72.8. The molecule has 0 aromatic heterocycles. The van der Waals surface area contributed by atoms with Gasteiger partial charge < -0.3 is 33.8 Å². The lowest BCUT2D eigenvalue weighted by Gasteiger charge is -2.21. The summed E-state index contributed by atoms with van der Waals surface area (Å²) in [6.45, 7) is 9.59. The van der Waals surface area contributed by atoms with Crippen molar-refractivity contribution in [2.75, 3.05) is 39.6 Å². The van der Waals surface area contributed by atoms with Crippen molar-refractivity contribution in [3.8, 4) is 0 Å². The zero-order chi connectivity index (χ0) is 70.7. The number of esters is 4. The third kappa shape index (κ3) is 70.5. The molecule has 0 spiro atoms. The lowest BCUT2D eigenvalue weighted by Crippen LogP contribution is -2.30. The van der Waals surface area contributed by atoms with Gasteiger partial charge >= 0.3 is 39.5 Å². The first-order chi connectivity index (χ1) is 46.4. The largest absolute Gasteiger partial charge is 0.472 e. The Hall–Kier alpha value is -1.94. The molecule has 0 bridgehead atoms. The monoisotopic (exact) mass is 1410 g/mol. The fourth-order valence-corrected chi connectivity index (χ4v) is 13.4. The fourth-order valence-electron chi connectivity index (χ4n) is 11.8. The predicted molar refractivity (Wildman–Crippen MR) is 391 cm³/mol. The maximum absolute atomic E-state index is 13.1. The first-order valence-electron chi connectivity index (χ1n) is 40.0. The molecule has 0 aromatic rings. The maximum Gasteiger partial charge on any atom is 0.472 e. The Morgan fingerprint density at radius 2 is 0.479 bits per heavy atom. The van der Waals surface area contributed by atoms with Crippen LogP contribution in [0.5, 0.6) is 0 Å². The van der Waals surface area contributed by atoms with Crippen LogP contribution >= 0.6 is 15.6 Å². The fraction of sp³-hybridized carbons (Fsp3) is 0.948. The number of aliphatic hydroxyl groups excluding tert-OH is 1. The highest BCUT2D eigenvalue weighted by atomic mass is 31.2. The van der Waals surface area contributed by atoms with E-state index in [9.17, 15) is 43.2 Å². The van der Waals surface area contributed by atoms with Crippen LogP contribution in [0.25, 0.3) is 0 Å². The quantitative estimate of drug-likeness (QED) is 0.0222. The molecular weight excluding hydrogens is 1260 g/mol. The Morgan fingerprint density at radius 1 is 0.281 bits per heavy atom. The number of phosphoric acid groups is 2. The number of unbranched alkanes of at least 4 members (excludes halogenated alkanes) is 46. The molecule has 0 saturated carbocycles. The third-order valence-electron chi connectivity index (χ3n) is 18.0. The number of carbonyl (C=O) groups is 4. The smallest absolute Gasteiger partial charge is 0.462 e. The van der Waals surface area contributed by atoms with Crippen LogP contribution in [0.2, 0.25) is 0 Å². The number of rotatable bonds is 76. The molecule has 2 unspecified atom stereocenters. The Kier molecular flexibility index (Phi) is 67.4. The van der Waals surface area contributed by atoms with Crippen LogP contribution in [0.1, 0.15) is 401 Å². The summed E-state index contributed by atoms with van der Waals surface area (Å²) in [5, 5.41) is 10.6. The molecule has 0 saturated heterocycles. The second-order valence-electron chi connectivity index (χ2n) is 28.7. The van der Waals surface area contributed by atoms with Crippen molar-refractivity contribution in [1.82, 2.24) is 0 Å². The van der Waals surface area contributed by atoms with Crippen LogP contribution in [-0.4, -0.2) is 96.7 Å². The number of aliphatic hydroxyl groups is 1. The summed E-state index contributed by atoms with van der Waals surface area (Å²) in [6, 6.07) is 0. The molecule has 0 fully saturated rings. The van der Waals surface area contributed by atoms with Gasteiger partial charge in [0.05, 0.1) is 26.4 Å². The van der Waals surface area contributed by atoms with Crippen LogP contribution in [0.15, 0.2) is 0 Å². The van der Waals surface area contributed by atoms with Crippen LogP contribution in [0.4, 0.5) is 0 Å². The summed E-state index contributed by atoms with van der Waals surface area (Å²) in [7, 11) is -9.91. The van der Waals surface area contributed by atoms with Crippen LogP contribution < -0.4 is 0 Å². The van der Waals surface area contributed by atoms with Gasteiger partial charge in [-0.25, -0.2) is 9.13 Å². The molecule has 0 rings (SSSR count). The Morgan fingerprint density at radius 3 is 0.708 bits per heavy atom. The second-order valence-corrected chi connectivity index (χ2v) is 31.6. The first-order valence-corrected chi connectivity index (χ1v) is 43.0. The Balaban J connectivity index is 5.20. The van der Waals surface area contributed by atoms with Crippen molar-refractivity contribution in [3.63, 3.8) is 0 Å². The zero-order valence-electron chi connectivity index (χ0n) is 62.7. The average molecular weight is 1410 g/mol. The van der Waals surface area contributed by atoms with Crippen LogP contribution in [-0.2, 0) is 65.4 Å². The molecule has 17 nitrogen and oxygen atoms in total. The number of hydrogen-bond donors (Lipinski definition) is 3. The molecular formula is C77H150O17P2. The number of carbonyl (C=O) groups excluding carboxylic acids is 4. The summed E-state index contributed by atoms with van der Waals surface area (Å²) < 4.78 is 68.5. The van der Waals surface area contributed by atoms with Gasteiger partial charge in [-0.2, -0.15) is 0 Å². The minimum absolute atomic E-state index is 0.105. The van der Waals surface area contributed by atoms with Crippen molar-refractivity contribution in [1.29, 1.82) is 0 Å². The van der Waals surface area contributed by atoms with Gasteiger partial charge in [-0.3, -0.25) is 37.3 Å². The molecule has 0 heterocycles. The van der Waals surface area contributed by atoms with E-state index in [0.717, 1.165) is 102 Å². The van der Waals surface area contributed by atoms with Gasteiger partial charge in [0.1, 0.15) is 19.3 Å². The van der Waals surface area contributed by atoms with E-state index in [2.05, 4.69) is 41.5 Å². The standard InChI is InChI=1S/C77H150O17P2/c1-7-9-11-13-15-17-19-26-31-35-42-48-54-60-75(80)88-65-72(93-76(81)61-55-49-43-36-32-28-25-23-21-20-22-24-27-30-33-39-45-51-57-69(3)4)67-91-95(83,84)89-63-71(78)64-90-96(85,86)92-68-73(94-77(82)62-56-50-44-38-37-40-46-52-58-70(5)6)66-87-74(79)59-53-47-41-34-29-18-16-14-12-10-8-2/h69-73,78H,7-68H2,1-6H3,(H,83,84)(H,85,86)/t71-,72-,73-/m1/s1. The molecule has 0 aliphatic carbocycles. The summed E-state index contributed by atoms with van der Waals surface area (Å²) in [5.41, 5.74) is 0. The molecule has 96 heavy (non-hydrogen) atoms. The van der Waals surface area contributed by atoms with E-state index in [4.69, 9.17) is 37.0 Å². The zero-order valence-corrected chi connectivity index (χ0v) is 64.5. The predicted octanol–water partition coefficient (Wildman–Crippen LogP) is 22.7. The molecule has 0 aliphatic heterocycles. The van der Waals surface area contributed by atoms with Crippen molar-refractivity contribution in [2.45, 2.75) is 419 Å². The normalized spacial score (nSPS) is 14.0. The van der Waals surface area contributed by atoms with Gasteiger partial charge in [-0.1, -0.05) is 350 Å². The minimum Gasteiger partial charge on any atom is -0.462 e. The van der Waals surface area contributed by atoms with Crippen LogP contribution in [0, 0.1) is 11.8 Å². The molecule has 0 aliphatic rings. The number of ether oxygens (including phenoxy) is 4. The highest BCUT2D eigenvalue weighted by Gasteiger charge is 2.30. The van der Waals surface area contributed by atoms with Gasteiger partial charge in [-0.05, 0) is 37.5 Å². The van der Waals surface area contributed by atoms with Gasteiger partial charge in [0.2, 0.25) is 0 Å². The van der Waals surface area contributed by atoms with E-state index in [1.807, 2.05) is 0 Å². The first kappa shape index (κ1) is 94.1. The van der Waals surface area contributed by atoms with Gasteiger partial charge in [0.25, 0.3) is 0 Å². The summed E-state index contributed by atoms with van der Waals surface area (Å²) in [6.07, 6.45) is 56.9. The van der Waals surface area contributed by atoms with Crippen molar-refractivity contribution < 1.29 is 80.2 Å². The van der Waals surface area contributed by atoms with E-state index < -0.39 is 97.5 Å².